The minimum atomic E-state index is 0.212. The van der Waals surface area contributed by atoms with Crippen molar-refractivity contribution in [1.29, 1.82) is 5.26 Å². The van der Waals surface area contributed by atoms with Gasteiger partial charge in [0.2, 0.25) is 12.7 Å². The monoisotopic (exact) mass is 257 g/mol. The number of rotatable bonds is 2. The van der Waals surface area contributed by atoms with Crippen LogP contribution in [0.4, 0.5) is 5.69 Å². The second kappa shape index (κ2) is 4.14. The number of nitrogens with two attached hydrogens (primary N) is 1. The van der Waals surface area contributed by atoms with Crippen molar-refractivity contribution >= 4 is 5.69 Å². The van der Waals surface area contributed by atoms with E-state index in [2.05, 4.69) is 0 Å². The first-order valence-corrected chi connectivity index (χ1v) is 5.62. The maximum Gasteiger partial charge on any atom is 0.231 e. The molecular weight excluding hydrogens is 246 g/mol. The van der Waals surface area contributed by atoms with Crippen LogP contribution in [0.1, 0.15) is 5.69 Å². The van der Waals surface area contributed by atoms with Crippen LogP contribution in [0.15, 0.2) is 24.3 Å². The molecule has 2 aromatic rings. The average Bonchev–Trinajstić information content (AvgIpc) is 2.97. The number of anilines is 1. The third-order valence-corrected chi connectivity index (χ3v) is 2.88. The van der Waals surface area contributed by atoms with Crippen molar-refractivity contribution in [3.8, 4) is 29.2 Å². The highest BCUT2D eigenvalue weighted by Crippen LogP contribution is 2.38. The van der Waals surface area contributed by atoms with Crippen molar-refractivity contribution in [3.63, 3.8) is 0 Å². The molecule has 1 aliphatic heterocycles. The first kappa shape index (κ1) is 11.3. The summed E-state index contributed by atoms with van der Waals surface area (Å²) in [5.41, 5.74) is 6.68. The summed E-state index contributed by atoms with van der Waals surface area (Å²) in [6.07, 6.45) is 0. The van der Waals surface area contributed by atoms with Crippen LogP contribution in [-0.2, 0) is 7.05 Å². The number of aromatic nitrogens is 1. The van der Waals surface area contributed by atoms with Gasteiger partial charge in [-0.15, -0.1) is 0 Å². The Balaban J connectivity index is 1.94. The van der Waals surface area contributed by atoms with Crippen molar-refractivity contribution in [2.75, 3.05) is 12.5 Å². The van der Waals surface area contributed by atoms with E-state index in [0.29, 0.717) is 34.5 Å². The Morgan fingerprint density at radius 2 is 2.11 bits per heavy atom. The Bertz CT molecular complexity index is 685. The molecule has 0 bridgehead atoms. The van der Waals surface area contributed by atoms with Crippen molar-refractivity contribution in [3.05, 3.63) is 30.0 Å². The van der Waals surface area contributed by atoms with Crippen LogP contribution in [0.5, 0.6) is 23.1 Å². The molecule has 0 saturated heterocycles. The van der Waals surface area contributed by atoms with Crippen LogP contribution in [0.25, 0.3) is 0 Å². The van der Waals surface area contributed by atoms with E-state index in [9.17, 15) is 0 Å². The summed E-state index contributed by atoms with van der Waals surface area (Å²) in [7, 11) is 1.72. The Morgan fingerprint density at radius 3 is 2.84 bits per heavy atom. The zero-order chi connectivity index (χ0) is 13.4. The van der Waals surface area contributed by atoms with Crippen molar-refractivity contribution in [1.82, 2.24) is 4.57 Å². The summed E-state index contributed by atoms with van der Waals surface area (Å²) in [5.74, 6) is 2.31. The van der Waals surface area contributed by atoms with E-state index < -0.39 is 0 Å². The molecule has 3 rings (SSSR count). The second-order valence-electron chi connectivity index (χ2n) is 4.08. The summed E-state index contributed by atoms with van der Waals surface area (Å²) in [4.78, 5) is 0. The molecule has 0 saturated carbocycles. The van der Waals surface area contributed by atoms with E-state index in [1.165, 1.54) is 0 Å². The molecule has 1 aliphatic rings. The second-order valence-corrected chi connectivity index (χ2v) is 4.08. The molecule has 0 spiro atoms. The van der Waals surface area contributed by atoms with E-state index >= 15 is 0 Å². The van der Waals surface area contributed by atoms with Crippen LogP contribution >= 0.6 is 0 Å². The minimum Gasteiger partial charge on any atom is -0.454 e. The Kier molecular flexibility index (Phi) is 2.46. The van der Waals surface area contributed by atoms with E-state index in [4.69, 9.17) is 25.2 Å². The lowest BCUT2D eigenvalue weighted by Gasteiger charge is -2.08. The van der Waals surface area contributed by atoms with Gasteiger partial charge in [0.15, 0.2) is 11.5 Å². The van der Waals surface area contributed by atoms with Crippen LogP contribution in [0.2, 0.25) is 0 Å². The summed E-state index contributed by atoms with van der Waals surface area (Å²) < 4.78 is 17.8. The Labute approximate surface area is 109 Å². The van der Waals surface area contributed by atoms with Gasteiger partial charge in [-0.3, -0.25) is 0 Å². The van der Waals surface area contributed by atoms with Crippen LogP contribution in [0.3, 0.4) is 0 Å². The van der Waals surface area contributed by atoms with Gasteiger partial charge in [0.25, 0.3) is 0 Å². The molecule has 0 amide bonds. The molecule has 0 unspecified atom stereocenters. The van der Waals surface area contributed by atoms with Crippen molar-refractivity contribution < 1.29 is 14.2 Å². The fraction of sp³-hybridized carbons (Fsp3) is 0.154. The minimum absolute atomic E-state index is 0.212. The van der Waals surface area contributed by atoms with Gasteiger partial charge < -0.3 is 24.5 Å². The molecule has 19 heavy (non-hydrogen) atoms. The summed E-state index contributed by atoms with van der Waals surface area (Å²) in [6, 6.07) is 8.86. The summed E-state index contributed by atoms with van der Waals surface area (Å²) in [5, 5.41) is 8.93. The van der Waals surface area contributed by atoms with Crippen LogP contribution < -0.4 is 19.9 Å². The Morgan fingerprint density at radius 1 is 1.32 bits per heavy atom. The number of fused-ring (bicyclic) bond motifs is 1. The van der Waals surface area contributed by atoms with Gasteiger partial charge in [-0.25, -0.2) is 0 Å². The van der Waals surface area contributed by atoms with Crippen LogP contribution in [-0.4, -0.2) is 11.4 Å². The molecule has 2 heterocycles. The predicted octanol–water partition coefficient (Wildman–Crippen LogP) is 2.00. The highest BCUT2D eigenvalue weighted by atomic mass is 16.7. The van der Waals surface area contributed by atoms with Crippen molar-refractivity contribution in [2.45, 2.75) is 0 Å². The van der Waals surface area contributed by atoms with Gasteiger partial charge in [0, 0.05) is 19.2 Å². The normalized spacial score (nSPS) is 12.2. The number of nitrogen functional groups attached to an aromatic ring is 1. The zero-order valence-corrected chi connectivity index (χ0v) is 10.2. The lowest BCUT2D eigenvalue weighted by molar-refractivity contribution is 0.174. The number of nitrogens with zero attached hydrogens (tertiary/aromatic N) is 2. The van der Waals surface area contributed by atoms with Gasteiger partial charge in [-0.2, -0.15) is 5.26 Å². The standard InChI is InChI=1S/C13H11N3O3/c1-16-8(6-14)4-10(15)13(16)19-9-2-3-11-12(5-9)18-7-17-11/h2-5H,7,15H2,1H3. The highest BCUT2D eigenvalue weighted by Gasteiger charge is 2.16. The van der Waals surface area contributed by atoms with E-state index in [1.807, 2.05) is 6.07 Å². The molecule has 6 nitrogen and oxygen atoms in total. The van der Waals surface area contributed by atoms with E-state index in [-0.39, 0.29) is 6.79 Å². The van der Waals surface area contributed by atoms with Gasteiger partial charge in [0.05, 0.1) is 5.69 Å². The molecular formula is C13H11N3O3. The molecule has 1 aromatic carbocycles. The topological polar surface area (TPSA) is 82.4 Å². The molecule has 6 heteroatoms. The lowest BCUT2D eigenvalue weighted by Crippen LogP contribution is -1.97. The molecule has 0 aliphatic carbocycles. The number of nitriles is 1. The van der Waals surface area contributed by atoms with Gasteiger partial charge in [-0.1, -0.05) is 0 Å². The molecule has 0 fully saturated rings. The Hall–Kier alpha value is -2.81. The fourth-order valence-electron chi connectivity index (χ4n) is 1.90. The molecule has 96 valence electrons. The molecule has 2 N–H and O–H groups in total. The maximum absolute atomic E-state index is 8.93. The maximum atomic E-state index is 8.93. The molecule has 1 aromatic heterocycles. The van der Waals surface area contributed by atoms with Gasteiger partial charge in [0.1, 0.15) is 17.5 Å². The zero-order valence-electron chi connectivity index (χ0n) is 10.2. The smallest absolute Gasteiger partial charge is 0.231 e. The first-order valence-electron chi connectivity index (χ1n) is 5.62. The third-order valence-electron chi connectivity index (χ3n) is 2.88. The quantitative estimate of drug-likeness (QED) is 0.889. The molecule has 0 atom stereocenters. The number of ether oxygens (including phenoxy) is 3. The van der Waals surface area contributed by atoms with Crippen LogP contribution in [0, 0.1) is 11.3 Å². The largest absolute Gasteiger partial charge is 0.454 e. The van der Waals surface area contributed by atoms with E-state index in [0.717, 1.165) is 0 Å². The lowest BCUT2D eigenvalue weighted by atomic mass is 10.3. The molecule has 0 radical (unpaired) electrons. The number of benzene rings is 1. The van der Waals surface area contributed by atoms with Gasteiger partial charge >= 0.3 is 0 Å². The van der Waals surface area contributed by atoms with Gasteiger partial charge in [-0.05, 0) is 12.1 Å². The SMILES string of the molecule is Cn1c(C#N)cc(N)c1Oc1ccc2c(c1)OCO2. The van der Waals surface area contributed by atoms with E-state index in [1.54, 1.807) is 35.9 Å². The predicted molar refractivity (Wildman–Crippen MR) is 67.2 cm³/mol. The first-order chi connectivity index (χ1) is 9.19. The summed E-state index contributed by atoms with van der Waals surface area (Å²) in [6.45, 7) is 0.212. The average molecular weight is 257 g/mol. The number of hydrogen-bond acceptors (Lipinski definition) is 5. The highest BCUT2D eigenvalue weighted by molar-refractivity contribution is 5.57. The number of hydrogen-bond donors (Lipinski definition) is 1. The summed E-state index contributed by atoms with van der Waals surface area (Å²) >= 11 is 0. The third kappa shape index (κ3) is 1.81. The van der Waals surface area contributed by atoms with Crippen molar-refractivity contribution in [2.24, 2.45) is 7.05 Å². The fourth-order valence-corrected chi connectivity index (χ4v) is 1.90.